The second-order valence-corrected chi connectivity index (χ2v) is 21.9. The summed E-state index contributed by atoms with van der Waals surface area (Å²) in [7, 11) is 0. The number of rotatable bonds is 0. The van der Waals surface area contributed by atoms with Crippen LogP contribution < -0.4 is 0 Å². The number of hydrogen-bond donors (Lipinski definition) is 0. The Kier molecular flexibility index (Phi) is 6.40. The van der Waals surface area contributed by atoms with E-state index in [-0.39, 0.29) is 14.9 Å². The molecule has 68 valence electrons. The summed E-state index contributed by atoms with van der Waals surface area (Å²) in [5.74, 6) is 0. The maximum atomic E-state index is 2.45. The van der Waals surface area contributed by atoms with Crippen LogP contribution in [0.3, 0.4) is 0 Å². The first-order valence-electron chi connectivity index (χ1n) is 3.99. The Bertz CT molecular complexity index is 308. The van der Waals surface area contributed by atoms with E-state index in [1.807, 2.05) is 0 Å². The quantitative estimate of drug-likeness (QED) is 0.488. The van der Waals surface area contributed by atoms with Crippen LogP contribution in [-0.4, -0.2) is 0 Å². The van der Waals surface area contributed by atoms with Gasteiger partial charge in [-0.05, 0) is 24.5 Å². The molecule has 3 heteroatoms. The number of fused-ring (bicyclic) bond motifs is 1. The zero-order chi connectivity index (χ0) is 9.68. The third-order valence-corrected chi connectivity index (χ3v) is 1.93. The molecule has 2 rings (SSSR count). The van der Waals surface area contributed by atoms with Crippen LogP contribution >= 0.6 is 36.1 Å². The van der Waals surface area contributed by atoms with Gasteiger partial charge in [0.05, 0.1) is 0 Å². The molecular formula is C10H10I2Zr. The minimum atomic E-state index is 0.170. The zero-order valence-corrected chi connectivity index (χ0v) is 14.1. The van der Waals surface area contributed by atoms with E-state index in [0.29, 0.717) is 0 Å². The normalized spacial score (nSPS) is 12.4. The van der Waals surface area contributed by atoms with Gasteiger partial charge in [-0.3, -0.25) is 0 Å². The Morgan fingerprint density at radius 3 is 2.46 bits per heavy atom. The minimum absolute atomic E-state index is 0.170. The van der Waals surface area contributed by atoms with Crippen molar-refractivity contribution in [2.45, 2.75) is 13.3 Å². The van der Waals surface area contributed by atoms with Crippen molar-refractivity contribution in [3.05, 3.63) is 41.0 Å². The van der Waals surface area contributed by atoms with Crippen molar-refractivity contribution in [1.82, 2.24) is 0 Å². The standard InChI is InChI=1S/C10H10.2HI.Zr/c1-8-6-9-4-2-3-5-10(9)7-8;;;/h2-6H,7H2,1H3;2*1H;/q;;;+2/p-2. The molecule has 0 atom stereocenters. The molecule has 13 heavy (non-hydrogen) atoms. The molecule has 1 aromatic rings. The van der Waals surface area contributed by atoms with Gasteiger partial charge in [-0.25, -0.2) is 0 Å². The second-order valence-electron chi connectivity index (χ2n) is 2.94. The topological polar surface area (TPSA) is 0 Å². The van der Waals surface area contributed by atoms with Gasteiger partial charge >= 0.3 is 50.9 Å². The van der Waals surface area contributed by atoms with E-state index >= 15 is 0 Å². The fraction of sp³-hybridized carbons (Fsp3) is 0.200. The summed E-state index contributed by atoms with van der Waals surface area (Å²) in [6, 6.07) is 8.56. The van der Waals surface area contributed by atoms with Crippen molar-refractivity contribution >= 4 is 42.2 Å². The summed E-state index contributed by atoms with van der Waals surface area (Å²) in [4.78, 5) is 0. The molecule has 1 aromatic carbocycles. The Balaban J connectivity index is 0.000000251. The van der Waals surface area contributed by atoms with Crippen molar-refractivity contribution in [3.63, 3.8) is 0 Å². The van der Waals surface area contributed by atoms with E-state index in [9.17, 15) is 0 Å². The second kappa shape index (κ2) is 6.73. The fourth-order valence-electron chi connectivity index (χ4n) is 1.45. The number of hydrogen-bond acceptors (Lipinski definition) is 0. The molecule has 0 amide bonds. The first kappa shape index (κ1) is 12.4. The number of allylic oxidation sites excluding steroid dienone is 1. The average Bonchev–Trinajstić information content (AvgIpc) is 2.45. The maximum absolute atomic E-state index is 2.45. The molecule has 0 saturated carbocycles. The summed E-state index contributed by atoms with van der Waals surface area (Å²) in [6.07, 6.45) is 3.41. The monoisotopic (exact) mass is 474 g/mol. The molecule has 0 heterocycles. The van der Waals surface area contributed by atoms with Gasteiger partial charge in [-0.2, -0.15) is 0 Å². The van der Waals surface area contributed by atoms with Gasteiger partial charge in [0.2, 0.25) is 0 Å². The van der Waals surface area contributed by atoms with Crippen LogP contribution in [0.4, 0.5) is 0 Å². The molecule has 0 aromatic heterocycles. The molecule has 0 N–H and O–H groups in total. The number of halogens is 2. The molecule has 0 saturated heterocycles. The van der Waals surface area contributed by atoms with Crippen LogP contribution in [0.15, 0.2) is 29.8 Å². The van der Waals surface area contributed by atoms with E-state index in [2.05, 4.69) is 73.4 Å². The number of benzene rings is 1. The average molecular weight is 475 g/mol. The Labute approximate surface area is 110 Å². The van der Waals surface area contributed by atoms with Crippen LogP contribution in [0.1, 0.15) is 18.1 Å². The van der Waals surface area contributed by atoms with E-state index in [1.54, 1.807) is 0 Å². The van der Waals surface area contributed by atoms with Crippen LogP contribution in [0.5, 0.6) is 0 Å². The molecule has 0 nitrogen and oxygen atoms in total. The molecule has 0 aliphatic heterocycles. The van der Waals surface area contributed by atoms with Gasteiger partial charge in [-0.1, -0.05) is 35.9 Å². The Morgan fingerprint density at radius 2 is 1.85 bits per heavy atom. The fourth-order valence-corrected chi connectivity index (χ4v) is 1.45. The molecule has 0 unspecified atom stereocenters. The van der Waals surface area contributed by atoms with Gasteiger partial charge < -0.3 is 0 Å². The van der Waals surface area contributed by atoms with E-state index in [1.165, 1.54) is 16.7 Å². The molecule has 0 spiro atoms. The van der Waals surface area contributed by atoms with E-state index in [4.69, 9.17) is 0 Å². The third kappa shape index (κ3) is 4.12. The van der Waals surface area contributed by atoms with Crippen LogP contribution in [0.2, 0.25) is 0 Å². The van der Waals surface area contributed by atoms with Gasteiger partial charge in [0.1, 0.15) is 0 Å². The SMILES string of the molecule is CC1=Cc2ccccc2C1.[I][Zr][I]. The van der Waals surface area contributed by atoms with Crippen LogP contribution in [-0.2, 0) is 21.3 Å². The summed E-state index contributed by atoms with van der Waals surface area (Å²) in [5, 5.41) is 0. The molecule has 1 aliphatic carbocycles. The van der Waals surface area contributed by atoms with Crippen molar-refractivity contribution < 1.29 is 14.9 Å². The molecule has 0 fully saturated rings. The van der Waals surface area contributed by atoms with Gasteiger partial charge in [0.25, 0.3) is 0 Å². The van der Waals surface area contributed by atoms with E-state index in [0.717, 1.165) is 6.42 Å². The Morgan fingerprint density at radius 1 is 1.23 bits per heavy atom. The van der Waals surface area contributed by atoms with Crippen molar-refractivity contribution in [3.8, 4) is 0 Å². The zero-order valence-electron chi connectivity index (χ0n) is 7.35. The van der Waals surface area contributed by atoms with Crippen LogP contribution in [0.25, 0.3) is 6.08 Å². The third-order valence-electron chi connectivity index (χ3n) is 1.93. The van der Waals surface area contributed by atoms with Gasteiger partial charge in [0.15, 0.2) is 0 Å². The first-order chi connectivity index (χ1) is 6.27. The predicted octanol–water partition coefficient (Wildman–Crippen LogP) is 4.41. The molecule has 1 aliphatic rings. The molecule has 0 bridgehead atoms. The van der Waals surface area contributed by atoms with Crippen molar-refractivity contribution in [2.75, 3.05) is 0 Å². The Hall–Kier alpha value is 1.30. The summed E-state index contributed by atoms with van der Waals surface area (Å²) in [6.45, 7) is 2.18. The summed E-state index contributed by atoms with van der Waals surface area (Å²) < 4.78 is 0. The van der Waals surface area contributed by atoms with Gasteiger partial charge in [-0.15, -0.1) is 0 Å². The molecular weight excluding hydrogens is 465 g/mol. The summed E-state index contributed by atoms with van der Waals surface area (Å²) >= 11 is 5.06. The van der Waals surface area contributed by atoms with Crippen LogP contribution in [0, 0.1) is 0 Å². The van der Waals surface area contributed by atoms with Crippen molar-refractivity contribution in [1.29, 1.82) is 0 Å². The molecule has 0 radical (unpaired) electrons. The summed E-state index contributed by atoms with van der Waals surface area (Å²) in [5.41, 5.74) is 4.35. The van der Waals surface area contributed by atoms with Gasteiger partial charge in [0, 0.05) is 0 Å². The predicted molar refractivity (Wildman–Crippen MR) is 71.8 cm³/mol. The van der Waals surface area contributed by atoms with E-state index < -0.39 is 0 Å². The first-order valence-corrected chi connectivity index (χ1v) is 18.6. The van der Waals surface area contributed by atoms with Crippen molar-refractivity contribution in [2.24, 2.45) is 0 Å².